The van der Waals surface area contributed by atoms with Crippen LogP contribution in [0.15, 0.2) is 0 Å². The molecule has 1 aliphatic rings. The quantitative estimate of drug-likeness (QED) is 0.744. The van der Waals surface area contributed by atoms with E-state index in [4.69, 9.17) is 5.11 Å². The van der Waals surface area contributed by atoms with Crippen molar-refractivity contribution in [1.82, 2.24) is 5.32 Å². The van der Waals surface area contributed by atoms with E-state index in [-0.39, 0.29) is 23.8 Å². The molecule has 4 nitrogen and oxygen atoms in total. The summed E-state index contributed by atoms with van der Waals surface area (Å²) >= 11 is 0. The molecule has 1 rings (SSSR count). The van der Waals surface area contributed by atoms with Crippen LogP contribution in [0.5, 0.6) is 0 Å². The molecular formula is C11H19NO3. The number of hydrogen-bond donors (Lipinski definition) is 2. The van der Waals surface area contributed by atoms with Gasteiger partial charge in [0, 0.05) is 12.0 Å². The molecule has 1 saturated carbocycles. The predicted molar refractivity (Wildman–Crippen MR) is 56.4 cm³/mol. The molecule has 0 aromatic heterocycles. The van der Waals surface area contributed by atoms with Crippen molar-refractivity contribution in [3.05, 3.63) is 0 Å². The Labute approximate surface area is 90.0 Å². The molecule has 0 radical (unpaired) electrons. The molecule has 0 bridgehead atoms. The highest BCUT2D eigenvalue weighted by molar-refractivity contribution is 5.79. The molecule has 0 atom stereocenters. The molecule has 2 N–H and O–H groups in total. The highest BCUT2D eigenvalue weighted by Gasteiger charge is 2.29. The van der Waals surface area contributed by atoms with Crippen LogP contribution in [0, 0.1) is 11.8 Å². The number of carbonyl (C=O) groups is 2. The van der Waals surface area contributed by atoms with Crippen molar-refractivity contribution in [2.24, 2.45) is 11.8 Å². The number of rotatable bonds is 3. The number of hydrogen-bond acceptors (Lipinski definition) is 2. The minimum absolute atomic E-state index is 0.0167. The maximum Gasteiger partial charge on any atom is 0.306 e. The molecule has 0 heterocycles. The molecule has 86 valence electrons. The smallest absolute Gasteiger partial charge is 0.306 e. The molecule has 1 fully saturated rings. The van der Waals surface area contributed by atoms with Gasteiger partial charge >= 0.3 is 5.97 Å². The minimum Gasteiger partial charge on any atom is -0.481 e. The van der Waals surface area contributed by atoms with Crippen LogP contribution in [0.4, 0.5) is 0 Å². The lowest BCUT2D eigenvalue weighted by molar-refractivity contribution is -0.144. The van der Waals surface area contributed by atoms with Gasteiger partial charge in [-0.2, -0.15) is 0 Å². The van der Waals surface area contributed by atoms with E-state index in [0.717, 1.165) is 0 Å². The third-order valence-electron chi connectivity index (χ3n) is 2.88. The van der Waals surface area contributed by atoms with Gasteiger partial charge in [0.15, 0.2) is 0 Å². The number of carbonyl (C=O) groups excluding carboxylic acids is 1. The second kappa shape index (κ2) is 5.14. The molecule has 0 saturated heterocycles. The standard InChI is InChI=1S/C11H19NO3/c1-7(2)12-10(13)8-3-5-9(6-4-8)11(14)15/h7-9H,3-6H2,1-2H3,(H,12,13)(H,14,15). The van der Waals surface area contributed by atoms with Crippen molar-refractivity contribution in [2.45, 2.75) is 45.6 Å². The highest BCUT2D eigenvalue weighted by atomic mass is 16.4. The zero-order valence-electron chi connectivity index (χ0n) is 9.32. The largest absolute Gasteiger partial charge is 0.481 e. The summed E-state index contributed by atoms with van der Waals surface area (Å²) in [6, 6.07) is 0.162. The Morgan fingerprint density at radius 1 is 1.13 bits per heavy atom. The van der Waals surface area contributed by atoms with Crippen molar-refractivity contribution in [3.63, 3.8) is 0 Å². The molecule has 0 unspecified atom stereocenters. The van der Waals surface area contributed by atoms with Gasteiger partial charge < -0.3 is 10.4 Å². The van der Waals surface area contributed by atoms with Crippen LogP contribution in [0.3, 0.4) is 0 Å². The number of nitrogens with one attached hydrogen (secondary N) is 1. The average molecular weight is 213 g/mol. The first kappa shape index (κ1) is 12.0. The maximum atomic E-state index is 11.6. The van der Waals surface area contributed by atoms with Gasteiger partial charge in [-0.1, -0.05) is 0 Å². The topological polar surface area (TPSA) is 66.4 Å². The zero-order chi connectivity index (χ0) is 11.4. The van der Waals surface area contributed by atoms with Crippen LogP contribution in [-0.4, -0.2) is 23.0 Å². The Bertz CT molecular complexity index is 242. The van der Waals surface area contributed by atoms with Gasteiger partial charge in [0.05, 0.1) is 5.92 Å². The third kappa shape index (κ3) is 3.53. The lowest BCUT2D eigenvalue weighted by Crippen LogP contribution is -2.37. The lowest BCUT2D eigenvalue weighted by Gasteiger charge is -2.25. The van der Waals surface area contributed by atoms with E-state index in [1.54, 1.807) is 0 Å². The van der Waals surface area contributed by atoms with Gasteiger partial charge in [-0.05, 0) is 39.5 Å². The van der Waals surface area contributed by atoms with Crippen LogP contribution < -0.4 is 5.32 Å². The Morgan fingerprint density at radius 2 is 1.60 bits per heavy atom. The Balaban J connectivity index is 2.37. The number of carboxylic acid groups (broad SMARTS) is 1. The van der Waals surface area contributed by atoms with Gasteiger partial charge in [-0.15, -0.1) is 0 Å². The molecule has 4 heteroatoms. The van der Waals surface area contributed by atoms with Crippen molar-refractivity contribution >= 4 is 11.9 Å². The van der Waals surface area contributed by atoms with Gasteiger partial charge in [0.25, 0.3) is 0 Å². The molecule has 0 aliphatic heterocycles. The maximum absolute atomic E-state index is 11.6. The van der Waals surface area contributed by atoms with E-state index in [1.807, 2.05) is 13.8 Å². The van der Waals surface area contributed by atoms with Crippen LogP contribution in [0.25, 0.3) is 0 Å². The summed E-state index contributed by atoms with van der Waals surface area (Å²) in [6.45, 7) is 3.86. The van der Waals surface area contributed by atoms with Gasteiger partial charge in [-0.3, -0.25) is 9.59 Å². The van der Waals surface area contributed by atoms with Crippen molar-refractivity contribution in [1.29, 1.82) is 0 Å². The van der Waals surface area contributed by atoms with Gasteiger partial charge in [-0.25, -0.2) is 0 Å². The summed E-state index contributed by atoms with van der Waals surface area (Å²) in [5.41, 5.74) is 0. The Morgan fingerprint density at radius 3 is 2.00 bits per heavy atom. The fourth-order valence-electron chi connectivity index (χ4n) is 2.00. The summed E-state index contributed by atoms with van der Waals surface area (Å²) < 4.78 is 0. The normalized spacial score (nSPS) is 26.3. The fraction of sp³-hybridized carbons (Fsp3) is 0.818. The fourth-order valence-corrected chi connectivity index (χ4v) is 2.00. The number of aliphatic carboxylic acids is 1. The van der Waals surface area contributed by atoms with Crippen molar-refractivity contribution < 1.29 is 14.7 Å². The van der Waals surface area contributed by atoms with Gasteiger partial charge in [0.2, 0.25) is 5.91 Å². The third-order valence-corrected chi connectivity index (χ3v) is 2.88. The van der Waals surface area contributed by atoms with E-state index in [1.165, 1.54) is 0 Å². The summed E-state index contributed by atoms with van der Waals surface area (Å²) in [6.07, 6.45) is 2.67. The molecule has 1 amide bonds. The highest BCUT2D eigenvalue weighted by Crippen LogP contribution is 2.28. The van der Waals surface area contributed by atoms with Crippen molar-refractivity contribution in [3.8, 4) is 0 Å². The van der Waals surface area contributed by atoms with Crippen LogP contribution >= 0.6 is 0 Å². The van der Waals surface area contributed by atoms with E-state index in [2.05, 4.69) is 5.32 Å². The predicted octanol–water partition coefficient (Wildman–Crippen LogP) is 1.40. The summed E-state index contributed by atoms with van der Waals surface area (Å²) in [5, 5.41) is 11.7. The summed E-state index contributed by atoms with van der Waals surface area (Å²) in [5.74, 6) is -0.873. The first-order valence-corrected chi connectivity index (χ1v) is 5.54. The second-order valence-corrected chi connectivity index (χ2v) is 4.55. The van der Waals surface area contributed by atoms with Crippen molar-refractivity contribution in [2.75, 3.05) is 0 Å². The van der Waals surface area contributed by atoms with Crippen LogP contribution in [0.2, 0.25) is 0 Å². The molecule has 0 spiro atoms. The Hall–Kier alpha value is -1.06. The average Bonchev–Trinajstić information content (AvgIpc) is 2.17. The van der Waals surface area contributed by atoms with E-state index >= 15 is 0 Å². The first-order valence-electron chi connectivity index (χ1n) is 5.54. The molecule has 1 aliphatic carbocycles. The molecule has 0 aromatic rings. The molecule has 15 heavy (non-hydrogen) atoms. The zero-order valence-corrected chi connectivity index (χ0v) is 9.32. The SMILES string of the molecule is CC(C)NC(=O)C1CCC(C(=O)O)CC1. The minimum atomic E-state index is -0.724. The van der Waals surface area contributed by atoms with E-state index in [9.17, 15) is 9.59 Å². The van der Waals surface area contributed by atoms with Gasteiger partial charge in [0.1, 0.15) is 0 Å². The summed E-state index contributed by atoms with van der Waals surface area (Å²) in [7, 11) is 0. The van der Waals surface area contributed by atoms with Crippen LogP contribution in [0.1, 0.15) is 39.5 Å². The monoisotopic (exact) mass is 213 g/mol. The lowest BCUT2D eigenvalue weighted by atomic mass is 9.81. The van der Waals surface area contributed by atoms with Crippen LogP contribution in [-0.2, 0) is 9.59 Å². The number of carboxylic acids is 1. The molecular weight excluding hydrogens is 194 g/mol. The first-order chi connectivity index (χ1) is 7.00. The summed E-state index contributed by atoms with van der Waals surface area (Å²) in [4.78, 5) is 22.3. The second-order valence-electron chi connectivity index (χ2n) is 4.55. The Kier molecular flexibility index (Phi) is 4.12. The van der Waals surface area contributed by atoms with E-state index < -0.39 is 5.97 Å². The molecule has 0 aromatic carbocycles. The number of amides is 1. The van der Waals surface area contributed by atoms with E-state index in [0.29, 0.717) is 25.7 Å².